The molecule has 2 heterocycles. The van der Waals surface area contributed by atoms with Crippen molar-refractivity contribution in [1.29, 1.82) is 0 Å². The summed E-state index contributed by atoms with van der Waals surface area (Å²) in [6.45, 7) is 0. The smallest absolute Gasteiger partial charge is 0.286 e. The van der Waals surface area contributed by atoms with E-state index < -0.39 is 21.5 Å². The van der Waals surface area contributed by atoms with Gasteiger partial charge >= 0.3 is 0 Å². The minimum Gasteiger partial charge on any atom is -0.438 e. The van der Waals surface area contributed by atoms with Gasteiger partial charge in [-0.15, -0.1) is 0 Å². The Morgan fingerprint density at radius 3 is 2.67 bits per heavy atom. The Balaban J connectivity index is 1.81. The number of benzene rings is 1. The summed E-state index contributed by atoms with van der Waals surface area (Å²) in [5, 5.41) is 0.352. The number of pyridine rings is 1. The molecule has 0 spiro atoms. The Morgan fingerprint density at radius 1 is 1.30 bits per heavy atom. The van der Waals surface area contributed by atoms with Crippen LogP contribution in [0.15, 0.2) is 62.9 Å². The number of halogens is 2. The van der Waals surface area contributed by atoms with E-state index in [1.54, 1.807) is 11.6 Å². The largest absolute Gasteiger partial charge is 0.438 e. The molecule has 10 heteroatoms. The van der Waals surface area contributed by atoms with Gasteiger partial charge in [0.1, 0.15) is 16.6 Å². The number of nitrogens with zero attached hydrogens (tertiary/aromatic N) is 4. The van der Waals surface area contributed by atoms with Gasteiger partial charge in [0.05, 0.1) is 32.3 Å². The summed E-state index contributed by atoms with van der Waals surface area (Å²) in [5.74, 6) is -0.477. The molecular weight excluding hydrogens is 439 g/mol. The van der Waals surface area contributed by atoms with Crippen molar-refractivity contribution in [2.75, 3.05) is 6.26 Å². The van der Waals surface area contributed by atoms with Crippen LogP contribution < -0.4 is 4.74 Å². The molecule has 0 saturated heterocycles. The number of aromatic nitrogens is 3. The molecule has 0 aliphatic rings. The van der Waals surface area contributed by atoms with Crippen molar-refractivity contribution in [3.8, 4) is 11.6 Å². The van der Waals surface area contributed by atoms with Crippen molar-refractivity contribution < 1.29 is 18.1 Å². The van der Waals surface area contributed by atoms with Crippen molar-refractivity contribution >= 4 is 31.6 Å². The molecule has 1 unspecified atom stereocenters. The fourth-order valence-corrected chi connectivity index (χ4v) is 3.99. The zero-order valence-corrected chi connectivity index (χ0v) is 16.7. The van der Waals surface area contributed by atoms with Crippen molar-refractivity contribution in [3.63, 3.8) is 0 Å². The zero-order valence-electron chi connectivity index (χ0n) is 14.3. The number of hydrogen-bond acceptors (Lipinski definition) is 5. The molecule has 3 aromatic rings. The third-order valence-corrected chi connectivity index (χ3v) is 5.81. The van der Waals surface area contributed by atoms with Gasteiger partial charge in [-0.3, -0.25) is 4.79 Å². The first-order chi connectivity index (χ1) is 12.8. The Bertz CT molecular complexity index is 1120. The number of imidazole rings is 1. The highest BCUT2D eigenvalue weighted by Crippen LogP contribution is 2.29. The van der Waals surface area contributed by atoms with Gasteiger partial charge in [-0.1, -0.05) is 0 Å². The van der Waals surface area contributed by atoms with E-state index in [1.165, 1.54) is 55.3 Å². The molecule has 27 heavy (non-hydrogen) atoms. The van der Waals surface area contributed by atoms with Crippen LogP contribution in [0.2, 0.25) is 0 Å². The van der Waals surface area contributed by atoms with Crippen LogP contribution in [0.3, 0.4) is 0 Å². The summed E-state index contributed by atoms with van der Waals surface area (Å²) in [4.78, 5) is 20.3. The average Bonchev–Trinajstić information content (AvgIpc) is 3.05. The number of ether oxygens (including phenoxy) is 1. The van der Waals surface area contributed by atoms with Gasteiger partial charge in [0.25, 0.3) is 5.91 Å². The van der Waals surface area contributed by atoms with Crippen LogP contribution in [0.5, 0.6) is 11.6 Å². The number of hydrogen-bond donors (Lipinski definition) is 0. The average molecular weight is 453 g/mol. The maximum absolute atomic E-state index is 13.1. The molecule has 140 valence electrons. The summed E-state index contributed by atoms with van der Waals surface area (Å²) in [6.07, 6.45) is 5.55. The molecule has 0 radical (unpaired) electrons. The van der Waals surface area contributed by atoms with Crippen LogP contribution in [-0.4, -0.2) is 30.9 Å². The Kier molecular flexibility index (Phi) is 5.38. The maximum Gasteiger partial charge on any atom is 0.286 e. The van der Waals surface area contributed by atoms with E-state index in [1.807, 2.05) is 0 Å². The van der Waals surface area contributed by atoms with E-state index in [0.29, 0.717) is 15.2 Å². The lowest BCUT2D eigenvalue weighted by atomic mass is 10.3. The molecule has 3 rings (SSSR count). The van der Waals surface area contributed by atoms with Crippen molar-refractivity contribution in [3.05, 3.63) is 64.9 Å². The normalized spacial score (nSPS) is 13.0. The first-order valence-corrected chi connectivity index (χ1v) is 10.3. The van der Waals surface area contributed by atoms with Crippen molar-refractivity contribution in [1.82, 2.24) is 14.5 Å². The minimum atomic E-state index is -2.94. The number of amides is 1. The number of rotatable bonds is 4. The first-order valence-electron chi connectivity index (χ1n) is 7.58. The molecule has 0 saturated carbocycles. The number of carbonyl (C=O) groups is 1. The summed E-state index contributed by atoms with van der Waals surface area (Å²) < 4.78 is 37.1. The van der Waals surface area contributed by atoms with Gasteiger partial charge in [-0.25, -0.2) is 18.6 Å². The standard InChI is InChI=1S/C17H14BrFN4O3S/c1-23-10-20-9-16(23)27(2,25)22-17(24)11-3-6-15(21-8-11)26-14-5-4-12(19)7-13(14)18/h3-10H,1-2H3. The lowest BCUT2D eigenvalue weighted by molar-refractivity contribution is 0.100. The third kappa shape index (κ3) is 4.40. The Labute approximate surface area is 163 Å². The molecule has 0 fully saturated rings. The summed E-state index contributed by atoms with van der Waals surface area (Å²) in [5.41, 5.74) is 0.164. The molecule has 2 aromatic heterocycles. The van der Waals surface area contributed by atoms with Gasteiger partial charge < -0.3 is 9.30 Å². The van der Waals surface area contributed by atoms with Gasteiger partial charge in [-0.2, -0.15) is 4.36 Å². The molecular formula is C17H14BrFN4O3S. The first kappa shape index (κ1) is 19.2. The molecule has 1 aromatic carbocycles. The second-order valence-corrected chi connectivity index (χ2v) is 8.66. The summed E-state index contributed by atoms with van der Waals surface area (Å²) in [7, 11) is -1.26. The highest BCUT2D eigenvalue weighted by Gasteiger charge is 2.15. The fraction of sp³-hybridized carbons (Fsp3) is 0.118. The number of aryl methyl sites for hydroxylation is 1. The highest BCUT2D eigenvalue weighted by molar-refractivity contribution is 9.10. The molecule has 0 aliphatic carbocycles. The van der Waals surface area contributed by atoms with E-state index in [2.05, 4.69) is 30.3 Å². The number of carbonyl (C=O) groups excluding carboxylic acids is 1. The van der Waals surface area contributed by atoms with E-state index in [-0.39, 0.29) is 11.4 Å². The van der Waals surface area contributed by atoms with Crippen LogP contribution in [-0.2, 0) is 16.8 Å². The van der Waals surface area contributed by atoms with E-state index >= 15 is 0 Å². The highest BCUT2D eigenvalue weighted by atomic mass is 79.9. The zero-order chi connectivity index (χ0) is 19.6. The molecule has 0 N–H and O–H groups in total. The maximum atomic E-state index is 13.1. The SMILES string of the molecule is Cn1cncc1S(C)(=O)=NC(=O)c1ccc(Oc2ccc(F)cc2Br)nc1. The topological polar surface area (TPSA) is 86.4 Å². The second-order valence-electron chi connectivity index (χ2n) is 5.60. The Hall–Kier alpha value is -2.59. The van der Waals surface area contributed by atoms with E-state index in [0.717, 1.165) is 0 Å². The van der Waals surface area contributed by atoms with Crippen molar-refractivity contribution in [2.24, 2.45) is 11.4 Å². The van der Waals surface area contributed by atoms with Crippen LogP contribution in [0, 0.1) is 5.82 Å². The predicted molar refractivity (Wildman–Crippen MR) is 101 cm³/mol. The quantitative estimate of drug-likeness (QED) is 0.600. The third-order valence-electron chi connectivity index (χ3n) is 3.51. The van der Waals surface area contributed by atoms with Gasteiger partial charge in [0.15, 0.2) is 0 Å². The van der Waals surface area contributed by atoms with Crippen LogP contribution in [0.25, 0.3) is 0 Å². The summed E-state index contributed by atoms with van der Waals surface area (Å²) >= 11 is 3.20. The minimum absolute atomic E-state index is 0.164. The predicted octanol–water partition coefficient (Wildman–Crippen LogP) is 3.81. The fourth-order valence-electron chi connectivity index (χ4n) is 2.21. The second kappa shape index (κ2) is 7.57. The lowest BCUT2D eigenvalue weighted by Crippen LogP contribution is -2.07. The van der Waals surface area contributed by atoms with Crippen LogP contribution in [0.1, 0.15) is 10.4 Å². The summed E-state index contributed by atoms with van der Waals surface area (Å²) in [6, 6.07) is 6.91. The molecule has 0 aliphatic heterocycles. The van der Waals surface area contributed by atoms with Gasteiger partial charge in [-0.05, 0) is 40.2 Å². The van der Waals surface area contributed by atoms with Crippen LogP contribution in [0.4, 0.5) is 4.39 Å². The molecule has 1 atom stereocenters. The molecule has 1 amide bonds. The molecule has 0 bridgehead atoms. The van der Waals surface area contributed by atoms with Crippen LogP contribution >= 0.6 is 15.9 Å². The van der Waals surface area contributed by atoms with Gasteiger partial charge in [0.2, 0.25) is 5.88 Å². The van der Waals surface area contributed by atoms with Gasteiger partial charge in [0, 0.05) is 25.6 Å². The monoisotopic (exact) mass is 452 g/mol. The van der Waals surface area contributed by atoms with Crippen molar-refractivity contribution in [2.45, 2.75) is 5.03 Å². The lowest BCUT2D eigenvalue weighted by Gasteiger charge is -2.07. The van der Waals surface area contributed by atoms with E-state index in [9.17, 15) is 13.4 Å². The van der Waals surface area contributed by atoms with E-state index in [4.69, 9.17) is 4.74 Å². The Morgan fingerprint density at radius 2 is 2.07 bits per heavy atom. The molecule has 7 nitrogen and oxygen atoms in total.